The van der Waals surface area contributed by atoms with Crippen molar-refractivity contribution in [3.63, 3.8) is 0 Å². The van der Waals surface area contributed by atoms with Crippen molar-refractivity contribution < 1.29 is 19.0 Å². The minimum Gasteiger partial charge on any atom is -0.507 e. The molecule has 0 bridgehead atoms. The van der Waals surface area contributed by atoms with E-state index in [4.69, 9.17) is 4.74 Å². The first-order valence-electron chi connectivity index (χ1n) is 11.6. The highest BCUT2D eigenvalue weighted by atomic mass is 19.1. The molecule has 1 amide bonds. The average Bonchev–Trinajstić information content (AvgIpc) is 2.85. The fraction of sp³-hybridized carbons (Fsp3) is 0.346. The molecule has 1 aliphatic rings. The van der Waals surface area contributed by atoms with Crippen molar-refractivity contribution in [3.05, 3.63) is 93.4 Å². The van der Waals surface area contributed by atoms with Crippen LogP contribution in [0.1, 0.15) is 35.5 Å². The Morgan fingerprint density at radius 2 is 1.91 bits per heavy atom. The number of carbonyl (C=O) groups excluding carboxylic acids is 1. The topological polar surface area (TPSA) is 87.9 Å². The fourth-order valence-corrected chi connectivity index (χ4v) is 4.49. The molecule has 1 aromatic carbocycles. The molecular weight excluding hydrogens is 451 g/mol. The van der Waals surface area contributed by atoms with Gasteiger partial charge in [0, 0.05) is 38.1 Å². The van der Waals surface area contributed by atoms with E-state index in [1.165, 1.54) is 12.1 Å². The maximum Gasteiger partial charge on any atom is 0.409 e. The van der Waals surface area contributed by atoms with Crippen LogP contribution in [0.5, 0.6) is 5.75 Å². The van der Waals surface area contributed by atoms with Gasteiger partial charge in [-0.1, -0.05) is 18.2 Å². The molecule has 3 aromatic rings. The summed E-state index contributed by atoms with van der Waals surface area (Å²) in [4.78, 5) is 33.9. The second-order valence-electron chi connectivity index (χ2n) is 8.48. The van der Waals surface area contributed by atoms with Gasteiger partial charge in [-0.3, -0.25) is 14.7 Å². The maximum absolute atomic E-state index is 14.3. The van der Waals surface area contributed by atoms with Crippen molar-refractivity contribution in [2.75, 3.05) is 32.8 Å². The van der Waals surface area contributed by atoms with Gasteiger partial charge in [-0.05, 0) is 49.7 Å². The number of rotatable bonds is 6. The average molecular weight is 481 g/mol. The predicted octanol–water partition coefficient (Wildman–Crippen LogP) is 3.31. The first-order chi connectivity index (χ1) is 16.9. The summed E-state index contributed by atoms with van der Waals surface area (Å²) < 4.78 is 20.9. The first-order valence-corrected chi connectivity index (χ1v) is 11.6. The van der Waals surface area contributed by atoms with Gasteiger partial charge in [-0.2, -0.15) is 0 Å². The number of carbonyl (C=O) groups is 1. The summed E-state index contributed by atoms with van der Waals surface area (Å²) in [6.45, 7) is 5.66. The molecule has 1 aliphatic heterocycles. The van der Waals surface area contributed by atoms with Gasteiger partial charge < -0.3 is 19.3 Å². The summed E-state index contributed by atoms with van der Waals surface area (Å²) in [6, 6.07) is 12.4. The highest BCUT2D eigenvalue weighted by Crippen LogP contribution is 2.33. The van der Waals surface area contributed by atoms with Gasteiger partial charge in [0.1, 0.15) is 11.6 Å². The predicted molar refractivity (Wildman–Crippen MR) is 129 cm³/mol. The monoisotopic (exact) mass is 480 g/mol. The number of halogens is 1. The van der Waals surface area contributed by atoms with Crippen LogP contribution in [0, 0.1) is 12.7 Å². The third-order valence-electron chi connectivity index (χ3n) is 6.21. The lowest BCUT2D eigenvalue weighted by Gasteiger charge is -2.39. The van der Waals surface area contributed by atoms with E-state index in [9.17, 15) is 19.1 Å². The Balaban J connectivity index is 1.75. The Morgan fingerprint density at radius 3 is 2.57 bits per heavy atom. The summed E-state index contributed by atoms with van der Waals surface area (Å²) in [6.07, 6.45) is 1.28. The zero-order valence-corrected chi connectivity index (χ0v) is 19.9. The van der Waals surface area contributed by atoms with E-state index < -0.39 is 11.9 Å². The summed E-state index contributed by atoms with van der Waals surface area (Å²) in [5, 5.41) is 11.0. The number of piperazine rings is 1. The summed E-state index contributed by atoms with van der Waals surface area (Å²) in [5.41, 5.74) is 1.65. The molecule has 0 radical (unpaired) electrons. The lowest BCUT2D eigenvalue weighted by atomic mass is 9.96. The van der Waals surface area contributed by atoms with Crippen LogP contribution in [0.4, 0.5) is 9.18 Å². The van der Waals surface area contributed by atoms with E-state index >= 15 is 0 Å². The number of aromatic hydroxyl groups is 1. The first kappa shape index (κ1) is 24.4. The molecule has 1 N–H and O–H groups in total. The van der Waals surface area contributed by atoms with Crippen LogP contribution in [0.15, 0.2) is 59.5 Å². The number of nitrogens with zero attached hydrogens (tertiary/aromatic N) is 4. The second-order valence-corrected chi connectivity index (χ2v) is 8.48. The number of ether oxygens (including phenoxy) is 1. The van der Waals surface area contributed by atoms with Gasteiger partial charge in [0.25, 0.3) is 5.56 Å². The normalized spacial score (nSPS) is 15.1. The van der Waals surface area contributed by atoms with Crippen LogP contribution < -0.4 is 5.56 Å². The number of hydrogen-bond acceptors (Lipinski definition) is 6. The highest BCUT2D eigenvalue weighted by molar-refractivity contribution is 5.67. The van der Waals surface area contributed by atoms with Crippen molar-refractivity contribution in [1.29, 1.82) is 0 Å². The van der Waals surface area contributed by atoms with Crippen molar-refractivity contribution in [1.82, 2.24) is 19.4 Å². The van der Waals surface area contributed by atoms with E-state index in [1.54, 1.807) is 53.8 Å². The maximum atomic E-state index is 14.3. The van der Waals surface area contributed by atoms with Gasteiger partial charge in [0.05, 0.1) is 30.5 Å². The Kier molecular flexibility index (Phi) is 7.45. The van der Waals surface area contributed by atoms with Crippen LogP contribution in [0.2, 0.25) is 0 Å². The lowest BCUT2D eigenvalue weighted by molar-refractivity contribution is 0.0709. The molecule has 8 nitrogen and oxygen atoms in total. The van der Waals surface area contributed by atoms with Gasteiger partial charge in [-0.25, -0.2) is 9.18 Å². The summed E-state index contributed by atoms with van der Waals surface area (Å²) in [5.74, 6) is -0.579. The van der Waals surface area contributed by atoms with Gasteiger partial charge in [0.15, 0.2) is 0 Å². The van der Waals surface area contributed by atoms with E-state index in [0.717, 1.165) is 0 Å². The van der Waals surface area contributed by atoms with Crippen molar-refractivity contribution in [2.24, 2.45) is 0 Å². The van der Waals surface area contributed by atoms with Gasteiger partial charge in [-0.15, -0.1) is 0 Å². The molecule has 4 rings (SSSR count). The van der Waals surface area contributed by atoms with Crippen molar-refractivity contribution in [2.45, 2.75) is 26.4 Å². The number of aryl methyl sites for hydroxylation is 1. The molecule has 35 heavy (non-hydrogen) atoms. The molecule has 0 spiro atoms. The third-order valence-corrected chi connectivity index (χ3v) is 6.21. The Bertz CT molecular complexity index is 1240. The Hall–Kier alpha value is -3.72. The van der Waals surface area contributed by atoms with Gasteiger partial charge >= 0.3 is 6.09 Å². The fourth-order valence-electron chi connectivity index (χ4n) is 4.49. The standard InChI is InChI=1S/C26H29FN4O4/c1-3-35-26(34)30-13-11-29(12-14-30)24(19-7-6-8-20(27)16-19)23-22(32)15-18(2)31(25(23)33)17-21-9-4-5-10-28-21/h4-10,15-16,24,32H,3,11-14,17H2,1-2H3/t24-/m0/s1. The van der Waals surface area contributed by atoms with E-state index in [-0.39, 0.29) is 36.1 Å². The molecule has 1 atom stereocenters. The number of pyridine rings is 2. The number of amides is 1. The van der Waals surface area contributed by atoms with Gasteiger partial charge in [0.2, 0.25) is 0 Å². The summed E-state index contributed by atoms with van der Waals surface area (Å²) in [7, 11) is 0. The molecule has 184 valence electrons. The smallest absolute Gasteiger partial charge is 0.409 e. The molecule has 2 aromatic heterocycles. The molecule has 0 saturated carbocycles. The van der Waals surface area contributed by atoms with E-state index in [1.807, 2.05) is 17.0 Å². The molecular formula is C26H29FN4O4. The van der Waals surface area contributed by atoms with Crippen LogP contribution in [-0.2, 0) is 11.3 Å². The summed E-state index contributed by atoms with van der Waals surface area (Å²) >= 11 is 0. The molecule has 9 heteroatoms. The number of hydrogen-bond donors (Lipinski definition) is 1. The zero-order valence-electron chi connectivity index (χ0n) is 19.9. The zero-order chi connectivity index (χ0) is 24.9. The minimum atomic E-state index is -0.696. The van der Waals surface area contributed by atoms with Crippen LogP contribution >= 0.6 is 0 Å². The number of aromatic nitrogens is 2. The number of benzene rings is 1. The van der Waals surface area contributed by atoms with Crippen LogP contribution in [0.25, 0.3) is 0 Å². The Morgan fingerprint density at radius 1 is 1.14 bits per heavy atom. The molecule has 0 unspecified atom stereocenters. The molecule has 1 saturated heterocycles. The van der Waals surface area contributed by atoms with Crippen LogP contribution in [-0.4, -0.2) is 63.3 Å². The minimum absolute atomic E-state index is 0.146. The van der Waals surface area contributed by atoms with Crippen molar-refractivity contribution in [3.8, 4) is 5.75 Å². The third kappa shape index (κ3) is 5.35. The van der Waals surface area contributed by atoms with E-state index in [0.29, 0.717) is 43.1 Å². The Labute approximate surface area is 203 Å². The SMILES string of the molecule is CCOC(=O)N1CCN([C@@H](c2cccc(F)c2)c2c(O)cc(C)n(Cc3ccccn3)c2=O)CC1. The molecule has 0 aliphatic carbocycles. The van der Waals surface area contributed by atoms with Crippen LogP contribution in [0.3, 0.4) is 0 Å². The lowest BCUT2D eigenvalue weighted by Crippen LogP contribution is -2.50. The molecule has 1 fully saturated rings. The van der Waals surface area contributed by atoms with Crippen molar-refractivity contribution >= 4 is 6.09 Å². The molecule has 3 heterocycles. The largest absolute Gasteiger partial charge is 0.507 e. The van der Waals surface area contributed by atoms with E-state index in [2.05, 4.69) is 4.98 Å². The quantitative estimate of drug-likeness (QED) is 0.583. The second kappa shape index (κ2) is 10.7. The highest BCUT2D eigenvalue weighted by Gasteiger charge is 2.33.